The smallest absolute Gasteiger partial charge is 0.165 e. The molecule has 1 N–H and O–H groups in total. The highest BCUT2D eigenvalue weighted by Gasteiger charge is 2.10. The maximum Gasteiger partial charge on any atom is 0.165 e. The van der Waals surface area contributed by atoms with Crippen LogP contribution in [0.5, 0.6) is 11.5 Å². The van der Waals surface area contributed by atoms with Crippen molar-refractivity contribution in [3.05, 3.63) is 46.4 Å². The number of hydrogen-bond donors (Lipinski definition) is 1. The second kappa shape index (κ2) is 4.86. The quantitative estimate of drug-likeness (QED) is 0.876. The molecule has 2 aromatic carbocycles. The number of phenols is 1. The number of hydrogen-bond acceptors (Lipinski definition) is 2. The van der Waals surface area contributed by atoms with Gasteiger partial charge in [0, 0.05) is 15.6 Å². The second-order valence-electron chi connectivity index (χ2n) is 3.51. The van der Waals surface area contributed by atoms with Crippen LogP contribution in [0.25, 0.3) is 11.1 Å². The standard InChI is InChI=1S/C13H10Cl2O2/c1-17-12-4-2-3-11(13(12)16)8-5-9(14)7-10(15)6-8/h2-7,16H,1H3. The Hall–Kier alpha value is -1.38. The topological polar surface area (TPSA) is 29.5 Å². The summed E-state index contributed by atoms with van der Waals surface area (Å²) in [6.45, 7) is 0. The summed E-state index contributed by atoms with van der Waals surface area (Å²) < 4.78 is 5.05. The molecule has 0 bridgehead atoms. The summed E-state index contributed by atoms with van der Waals surface area (Å²) >= 11 is 11.9. The van der Waals surface area contributed by atoms with E-state index < -0.39 is 0 Å². The van der Waals surface area contributed by atoms with Crippen molar-refractivity contribution in [1.29, 1.82) is 0 Å². The van der Waals surface area contributed by atoms with E-state index >= 15 is 0 Å². The number of halogens is 2. The molecule has 0 aliphatic heterocycles. The van der Waals surface area contributed by atoms with E-state index in [-0.39, 0.29) is 5.75 Å². The third-order valence-electron chi connectivity index (χ3n) is 2.39. The molecule has 2 aromatic rings. The Bertz CT molecular complexity index is 533. The summed E-state index contributed by atoms with van der Waals surface area (Å²) in [5, 5.41) is 11.1. The first-order valence-corrected chi connectivity index (χ1v) is 5.70. The summed E-state index contributed by atoms with van der Waals surface area (Å²) in [6.07, 6.45) is 0. The zero-order valence-corrected chi connectivity index (χ0v) is 10.6. The van der Waals surface area contributed by atoms with Crippen LogP contribution in [-0.2, 0) is 0 Å². The van der Waals surface area contributed by atoms with Gasteiger partial charge in [-0.2, -0.15) is 0 Å². The van der Waals surface area contributed by atoms with Gasteiger partial charge in [-0.05, 0) is 29.8 Å². The maximum absolute atomic E-state index is 10.0. The van der Waals surface area contributed by atoms with Gasteiger partial charge in [0.25, 0.3) is 0 Å². The average Bonchev–Trinajstić information content (AvgIpc) is 2.28. The molecule has 0 amide bonds. The SMILES string of the molecule is COc1cccc(-c2cc(Cl)cc(Cl)c2)c1O. The Labute approximate surface area is 109 Å². The Morgan fingerprint density at radius 3 is 2.29 bits per heavy atom. The van der Waals surface area contributed by atoms with E-state index in [0.29, 0.717) is 21.4 Å². The third kappa shape index (κ3) is 2.48. The van der Waals surface area contributed by atoms with Crippen LogP contribution in [0, 0.1) is 0 Å². The molecule has 0 atom stereocenters. The number of aromatic hydroxyl groups is 1. The lowest BCUT2D eigenvalue weighted by Crippen LogP contribution is -1.86. The summed E-state index contributed by atoms with van der Waals surface area (Å²) in [7, 11) is 1.50. The summed E-state index contributed by atoms with van der Waals surface area (Å²) in [5.74, 6) is 0.493. The molecule has 17 heavy (non-hydrogen) atoms. The largest absolute Gasteiger partial charge is 0.504 e. The van der Waals surface area contributed by atoms with Crippen LogP contribution < -0.4 is 4.74 Å². The number of phenolic OH excluding ortho intramolecular Hbond substituents is 1. The van der Waals surface area contributed by atoms with Crippen LogP contribution in [0.1, 0.15) is 0 Å². The van der Waals surface area contributed by atoms with Crippen molar-refractivity contribution in [2.75, 3.05) is 7.11 Å². The fourth-order valence-electron chi connectivity index (χ4n) is 1.63. The lowest BCUT2D eigenvalue weighted by Gasteiger charge is -2.09. The Morgan fingerprint density at radius 2 is 1.71 bits per heavy atom. The van der Waals surface area contributed by atoms with Crippen LogP contribution in [0.4, 0.5) is 0 Å². The van der Waals surface area contributed by atoms with Gasteiger partial charge in [-0.15, -0.1) is 0 Å². The van der Waals surface area contributed by atoms with Crippen molar-refractivity contribution in [3.63, 3.8) is 0 Å². The molecule has 0 fully saturated rings. The van der Waals surface area contributed by atoms with Gasteiger partial charge < -0.3 is 9.84 Å². The fraction of sp³-hybridized carbons (Fsp3) is 0.0769. The molecule has 2 rings (SSSR count). The third-order valence-corrected chi connectivity index (χ3v) is 2.83. The molecule has 0 aliphatic carbocycles. The lowest BCUT2D eigenvalue weighted by molar-refractivity contribution is 0.374. The molecular weight excluding hydrogens is 259 g/mol. The van der Waals surface area contributed by atoms with Gasteiger partial charge in [0.1, 0.15) is 0 Å². The predicted octanol–water partition coefficient (Wildman–Crippen LogP) is 4.37. The van der Waals surface area contributed by atoms with Gasteiger partial charge in [-0.25, -0.2) is 0 Å². The lowest BCUT2D eigenvalue weighted by atomic mass is 10.0. The minimum Gasteiger partial charge on any atom is -0.504 e. The minimum atomic E-state index is 0.0772. The first kappa shape index (κ1) is 12.1. The van der Waals surface area contributed by atoms with Crippen molar-refractivity contribution < 1.29 is 9.84 Å². The number of benzene rings is 2. The van der Waals surface area contributed by atoms with Gasteiger partial charge in [-0.1, -0.05) is 35.3 Å². The summed E-state index contributed by atoms with van der Waals surface area (Å²) in [4.78, 5) is 0. The van der Waals surface area contributed by atoms with Crippen molar-refractivity contribution in [2.45, 2.75) is 0 Å². The van der Waals surface area contributed by atoms with E-state index in [9.17, 15) is 5.11 Å². The molecule has 0 aromatic heterocycles. The predicted molar refractivity (Wildman–Crippen MR) is 70.1 cm³/mol. The highest BCUT2D eigenvalue weighted by molar-refractivity contribution is 6.35. The number of para-hydroxylation sites is 1. The highest BCUT2D eigenvalue weighted by atomic mass is 35.5. The Balaban J connectivity index is 2.60. The molecule has 0 saturated heterocycles. The molecule has 0 saturated carbocycles. The molecule has 0 heterocycles. The van der Waals surface area contributed by atoms with Crippen LogP contribution in [-0.4, -0.2) is 12.2 Å². The molecule has 0 unspecified atom stereocenters. The van der Waals surface area contributed by atoms with E-state index in [1.807, 2.05) is 0 Å². The Morgan fingerprint density at radius 1 is 1.06 bits per heavy atom. The molecular formula is C13H10Cl2O2. The highest BCUT2D eigenvalue weighted by Crippen LogP contribution is 2.38. The normalized spacial score (nSPS) is 10.3. The van der Waals surface area contributed by atoms with Crippen molar-refractivity contribution >= 4 is 23.2 Å². The van der Waals surface area contributed by atoms with Gasteiger partial charge >= 0.3 is 0 Å². The fourth-order valence-corrected chi connectivity index (χ4v) is 2.16. The molecule has 0 spiro atoms. The van der Waals surface area contributed by atoms with Crippen LogP contribution in [0.15, 0.2) is 36.4 Å². The van der Waals surface area contributed by atoms with Crippen molar-refractivity contribution in [1.82, 2.24) is 0 Å². The average molecular weight is 269 g/mol. The molecule has 88 valence electrons. The van der Waals surface area contributed by atoms with Crippen LogP contribution >= 0.6 is 23.2 Å². The van der Waals surface area contributed by atoms with E-state index in [2.05, 4.69) is 0 Å². The molecule has 4 heteroatoms. The second-order valence-corrected chi connectivity index (χ2v) is 4.39. The van der Waals surface area contributed by atoms with E-state index in [4.69, 9.17) is 27.9 Å². The van der Waals surface area contributed by atoms with E-state index in [1.165, 1.54) is 7.11 Å². The monoisotopic (exact) mass is 268 g/mol. The first-order valence-electron chi connectivity index (χ1n) is 4.94. The van der Waals surface area contributed by atoms with Crippen molar-refractivity contribution in [2.24, 2.45) is 0 Å². The number of ether oxygens (including phenoxy) is 1. The molecule has 0 aliphatic rings. The zero-order valence-electron chi connectivity index (χ0n) is 9.08. The van der Waals surface area contributed by atoms with Gasteiger partial charge in [0.15, 0.2) is 11.5 Å². The summed E-state index contributed by atoms with van der Waals surface area (Å²) in [6, 6.07) is 10.4. The van der Waals surface area contributed by atoms with Gasteiger partial charge in [0.05, 0.1) is 7.11 Å². The maximum atomic E-state index is 10.0. The Kier molecular flexibility index (Phi) is 3.46. The molecule has 2 nitrogen and oxygen atoms in total. The van der Waals surface area contributed by atoms with E-state index in [0.717, 1.165) is 5.56 Å². The summed E-state index contributed by atoms with van der Waals surface area (Å²) in [5.41, 5.74) is 1.38. The van der Waals surface area contributed by atoms with Gasteiger partial charge in [0.2, 0.25) is 0 Å². The van der Waals surface area contributed by atoms with E-state index in [1.54, 1.807) is 36.4 Å². The van der Waals surface area contributed by atoms with Crippen molar-refractivity contribution in [3.8, 4) is 22.6 Å². The zero-order chi connectivity index (χ0) is 12.4. The minimum absolute atomic E-state index is 0.0772. The van der Waals surface area contributed by atoms with Crippen LogP contribution in [0.3, 0.4) is 0 Å². The number of rotatable bonds is 2. The first-order chi connectivity index (χ1) is 8.11. The number of methoxy groups -OCH3 is 1. The van der Waals surface area contributed by atoms with Gasteiger partial charge in [-0.3, -0.25) is 0 Å². The van der Waals surface area contributed by atoms with Crippen LogP contribution in [0.2, 0.25) is 10.0 Å². The molecule has 0 radical (unpaired) electrons.